The minimum atomic E-state index is -3.51. The third-order valence-electron chi connectivity index (χ3n) is 2.87. The van der Waals surface area contributed by atoms with Crippen LogP contribution in [0.5, 0.6) is 5.75 Å². The van der Waals surface area contributed by atoms with E-state index in [1.807, 2.05) is 6.92 Å². The average molecular weight is 295 g/mol. The van der Waals surface area contributed by atoms with Crippen molar-refractivity contribution < 1.29 is 13.2 Å². The third kappa shape index (κ3) is 3.37. The van der Waals surface area contributed by atoms with Gasteiger partial charge in [-0.25, -0.2) is 13.1 Å². The maximum Gasteiger partial charge on any atom is 0.240 e. The lowest BCUT2D eigenvalue weighted by Crippen LogP contribution is -2.27. The van der Waals surface area contributed by atoms with Gasteiger partial charge in [0.15, 0.2) is 0 Å². The van der Waals surface area contributed by atoms with Crippen LogP contribution in [0.1, 0.15) is 5.56 Å². The fraction of sp³-hybridized carbons (Fsp3) is 0.308. The Kier molecular flexibility index (Phi) is 4.41. The molecule has 2 rings (SSSR count). The summed E-state index contributed by atoms with van der Waals surface area (Å²) >= 11 is 0. The topological polar surface area (TPSA) is 73.2 Å². The highest BCUT2D eigenvalue weighted by atomic mass is 32.2. The molecule has 20 heavy (non-hydrogen) atoms. The maximum absolute atomic E-state index is 12.1. The van der Waals surface area contributed by atoms with Crippen LogP contribution >= 0.6 is 0 Å². The van der Waals surface area contributed by atoms with Crippen molar-refractivity contribution in [2.45, 2.75) is 18.4 Å². The van der Waals surface area contributed by atoms with Crippen LogP contribution < -0.4 is 9.46 Å². The van der Waals surface area contributed by atoms with Gasteiger partial charge in [0, 0.05) is 18.9 Å². The number of ether oxygens (including phenoxy) is 1. The van der Waals surface area contributed by atoms with E-state index in [0.717, 1.165) is 5.56 Å². The van der Waals surface area contributed by atoms with Crippen LogP contribution in [0.3, 0.4) is 0 Å². The molecule has 0 spiro atoms. The maximum atomic E-state index is 12.1. The van der Waals surface area contributed by atoms with Crippen LogP contribution in [-0.2, 0) is 16.6 Å². The van der Waals surface area contributed by atoms with Crippen LogP contribution in [0.25, 0.3) is 0 Å². The van der Waals surface area contributed by atoms with E-state index in [9.17, 15) is 8.42 Å². The number of rotatable bonds is 6. The van der Waals surface area contributed by atoms with Crippen molar-refractivity contribution in [3.63, 3.8) is 0 Å². The van der Waals surface area contributed by atoms with Gasteiger partial charge in [-0.2, -0.15) is 5.10 Å². The summed E-state index contributed by atoms with van der Waals surface area (Å²) in [5.41, 5.74) is 0.780. The van der Waals surface area contributed by atoms with E-state index in [0.29, 0.717) is 12.3 Å². The van der Waals surface area contributed by atoms with E-state index in [1.165, 1.54) is 6.07 Å². The van der Waals surface area contributed by atoms with Crippen molar-refractivity contribution in [2.75, 3.05) is 13.7 Å². The zero-order chi connectivity index (χ0) is 14.6. The first kappa shape index (κ1) is 14.5. The molecular formula is C13H17N3O3S. The molecule has 2 aromatic rings. The molecule has 0 aliphatic heterocycles. The first-order chi connectivity index (χ1) is 9.53. The minimum Gasteiger partial charge on any atom is -0.496 e. The van der Waals surface area contributed by atoms with Crippen molar-refractivity contribution in [3.8, 4) is 5.75 Å². The van der Waals surface area contributed by atoms with Crippen LogP contribution in [0.2, 0.25) is 0 Å². The molecule has 1 heterocycles. The predicted molar refractivity (Wildman–Crippen MR) is 75.1 cm³/mol. The summed E-state index contributed by atoms with van der Waals surface area (Å²) in [6, 6.07) is 6.57. The molecule has 0 fully saturated rings. The molecule has 1 aromatic heterocycles. The van der Waals surface area contributed by atoms with E-state index >= 15 is 0 Å². The molecule has 0 aliphatic rings. The van der Waals surface area contributed by atoms with Crippen molar-refractivity contribution in [3.05, 3.63) is 42.2 Å². The van der Waals surface area contributed by atoms with Crippen molar-refractivity contribution >= 4 is 10.0 Å². The molecule has 0 amide bonds. The van der Waals surface area contributed by atoms with E-state index in [2.05, 4.69) is 9.82 Å². The Hall–Kier alpha value is -1.86. The Bertz CT molecular complexity index is 666. The first-order valence-electron chi connectivity index (χ1n) is 6.14. The molecule has 108 valence electrons. The monoisotopic (exact) mass is 295 g/mol. The minimum absolute atomic E-state index is 0.233. The molecule has 0 saturated heterocycles. The van der Waals surface area contributed by atoms with Crippen LogP contribution in [0.4, 0.5) is 0 Å². The second-order valence-electron chi connectivity index (χ2n) is 4.30. The van der Waals surface area contributed by atoms with Gasteiger partial charge in [0.05, 0.1) is 18.6 Å². The van der Waals surface area contributed by atoms with Crippen LogP contribution in [0.15, 0.2) is 41.6 Å². The molecule has 7 heteroatoms. The van der Waals surface area contributed by atoms with Crippen LogP contribution in [-0.4, -0.2) is 31.9 Å². The Balaban J connectivity index is 2.04. The second-order valence-corrected chi connectivity index (χ2v) is 6.07. The number of hydrogen-bond donors (Lipinski definition) is 1. The number of nitrogens with zero attached hydrogens (tertiary/aromatic N) is 2. The molecule has 0 saturated carbocycles. The Labute approximate surface area is 118 Å². The summed E-state index contributed by atoms with van der Waals surface area (Å²) in [6.45, 7) is 2.58. The highest BCUT2D eigenvalue weighted by Gasteiger charge is 2.14. The summed E-state index contributed by atoms with van der Waals surface area (Å²) in [6.07, 6.45) is 3.44. The van der Waals surface area contributed by atoms with Gasteiger partial charge in [0.2, 0.25) is 10.0 Å². The summed E-state index contributed by atoms with van der Waals surface area (Å²) in [4.78, 5) is 0.233. The van der Waals surface area contributed by atoms with Gasteiger partial charge in [-0.1, -0.05) is 0 Å². The number of methoxy groups -OCH3 is 1. The molecule has 1 N–H and O–H groups in total. The molecule has 0 unspecified atom stereocenters. The first-order valence-corrected chi connectivity index (χ1v) is 7.63. The lowest BCUT2D eigenvalue weighted by Gasteiger charge is -2.09. The Morgan fingerprint density at radius 3 is 2.80 bits per heavy atom. The molecule has 0 atom stereocenters. The molecule has 0 aliphatic carbocycles. The Morgan fingerprint density at radius 2 is 2.20 bits per heavy atom. The number of hydrogen-bond acceptors (Lipinski definition) is 4. The quantitative estimate of drug-likeness (QED) is 0.868. The smallest absolute Gasteiger partial charge is 0.240 e. The van der Waals surface area contributed by atoms with Gasteiger partial charge in [0.1, 0.15) is 5.75 Å². The number of sulfonamides is 1. The van der Waals surface area contributed by atoms with Crippen molar-refractivity contribution in [1.82, 2.24) is 14.5 Å². The van der Waals surface area contributed by atoms with Crippen molar-refractivity contribution in [1.29, 1.82) is 0 Å². The van der Waals surface area contributed by atoms with Gasteiger partial charge in [0.25, 0.3) is 0 Å². The normalized spacial score (nSPS) is 11.5. The lowest BCUT2D eigenvalue weighted by atomic mass is 10.2. The predicted octanol–water partition coefficient (Wildman–Crippen LogP) is 1.18. The lowest BCUT2D eigenvalue weighted by molar-refractivity contribution is 0.411. The average Bonchev–Trinajstić information content (AvgIpc) is 2.91. The van der Waals surface area contributed by atoms with Gasteiger partial charge in [-0.3, -0.25) is 4.68 Å². The van der Waals surface area contributed by atoms with E-state index in [-0.39, 0.29) is 11.4 Å². The van der Waals surface area contributed by atoms with E-state index in [1.54, 1.807) is 42.4 Å². The van der Waals surface area contributed by atoms with Gasteiger partial charge in [-0.15, -0.1) is 0 Å². The summed E-state index contributed by atoms with van der Waals surface area (Å²) in [7, 11) is -1.95. The van der Waals surface area contributed by atoms with E-state index in [4.69, 9.17) is 4.74 Å². The summed E-state index contributed by atoms with van der Waals surface area (Å²) < 4.78 is 33.6. The largest absolute Gasteiger partial charge is 0.496 e. The number of nitrogens with one attached hydrogen (secondary N) is 1. The SMILES string of the molecule is COc1ccc(S(=O)(=O)NCCn2cccn2)cc1C. The number of aromatic nitrogens is 2. The van der Waals surface area contributed by atoms with Crippen LogP contribution in [0, 0.1) is 6.92 Å². The summed E-state index contributed by atoms with van der Waals surface area (Å²) in [5, 5.41) is 4.01. The zero-order valence-corrected chi connectivity index (χ0v) is 12.2. The zero-order valence-electron chi connectivity index (χ0n) is 11.4. The molecular weight excluding hydrogens is 278 g/mol. The molecule has 6 nitrogen and oxygen atoms in total. The molecule has 0 radical (unpaired) electrons. The molecule has 1 aromatic carbocycles. The van der Waals surface area contributed by atoms with E-state index < -0.39 is 10.0 Å². The van der Waals surface area contributed by atoms with Gasteiger partial charge < -0.3 is 4.74 Å². The standard InChI is InChI=1S/C13H17N3O3S/c1-11-10-12(4-5-13(11)19-2)20(17,18)15-7-9-16-8-3-6-14-16/h3-6,8,10,15H,7,9H2,1-2H3. The fourth-order valence-electron chi connectivity index (χ4n) is 1.83. The fourth-order valence-corrected chi connectivity index (χ4v) is 2.93. The highest BCUT2D eigenvalue weighted by molar-refractivity contribution is 7.89. The Morgan fingerprint density at radius 1 is 1.40 bits per heavy atom. The summed E-state index contributed by atoms with van der Waals surface area (Å²) in [5.74, 6) is 0.667. The van der Waals surface area contributed by atoms with Gasteiger partial charge >= 0.3 is 0 Å². The molecule has 0 bridgehead atoms. The van der Waals surface area contributed by atoms with Gasteiger partial charge in [-0.05, 0) is 36.8 Å². The highest BCUT2D eigenvalue weighted by Crippen LogP contribution is 2.21. The third-order valence-corrected chi connectivity index (χ3v) is 4.33. The second kappa shape index (κ2) is 6.06. The number of benzene rings is 1. The van der Waals surface area contributed by atoms with Crippen molar-refractivity contribution in [2.24, 2.45) is 0 Å². The number of aryl methyl sites for hydroxylation is 1.